The van der Waals surface area contributed by atoms with Gasteiger partial charge in [0.1, 0.15) is 23.8 Å². The fourth-order valence-corrected chi connectivity index (χ4v) is 13.4. The summed E-state index contributed by atoms with van der Waals surface area (Å²) in [4.78, 5) is 80.2. The van der Waals surface area contributed by atoms with Gasteiger partial charge in [-0.3, -0.25) is 39.4 Å². The van der Waals surface area contributed by atoms with Gasteiger partial charge in [0.15, 0.2) is 0 Å². The van der Waals surface area contributed by atoms with Crippen molar-refractivity contribution in [1.82, 2.24) is 51.7 Å². The van der Waals surface area contributed by atoms with Crippen LogP contribution in [-0.4, -0.2) is 158 Å². The largest absolute Gasteiger partial charge is 0.391 e. The lowest BCUT2D eigenvalue weighted by molar-refractivity contribution is -0.144. The van der Waals surface area contributed by atoms with Crippen LogP contribution >= 0.6 is 23.5 Å². The fourth-order valence-electron chi connectivity index (χ4n) is 10.1. The van der Waals surface area contributed by atoms with E-state index in [4.69, 9.17) is 4.74 Å². The Labute approximate surface area is 443 Å². The van der Waals surface area contributed by atoms with Gasteiger partial charge in [0.2, 0.25) is 45.5 Å². The first-order valence-electron chi connectivity index (χ1n) is 25.8. The van der Waals surface area contributed by atoms with Crippen molar-refractivity contribution in [2.45, 2.75) is 132 Å². The average Bonchev–Trinajstić information content (AvgIpc) is 4.21. The number of hydrogen-bond acceptors (Lipinski definition) is 15. The Hall–Kier alpha value is -4.33. The molecule has 0 aromatic heterocycles. The molecule has 6 amide bonds. The molecule has 0 saturated carbocycles. The Balaban J connectivity index is 0.775. The van der Waals surface area contributed by atoms with Crippen molar-refractivity contribution in [2.75, 3.05) is 63.8 Å². The van der Waals surface area contributed by atoms with Crippen molar-refractivity contribution in [3.63, 3.8) is 0 Å². The molecule has 7 rings (SSSR count). The van der Waals surface area contributed by atoms with Crippen LogP contribution in [0, 0.1) is 11.3 Å². The molecule has 5 fully saturated rings. The number of nitrogens with one attached hydrogen (secondary N) is 8. The van der Waals surface area contributed by atoms with Crippen LogP contribution in [0.15, 0.2) is 48.5 Å². The van der Waals surface area contributed by atoms with Gasteiger partial charge in [-0.15, -0.1) is 23.5 Å². The van der Waals surface area contributed by atoms with Gasteiger partial charge in [-0.1, -0.05) is 69.3 Å². The van der Waals surface area contributed by atoms with Crippen molar-refractivity contribution < 1.29 is 47.0 Å². The number of ether oxygens (including phenoxy) is 1. The maximum Gasteiger partial charge on any atom is 0.246 e. The molecule has 7 unspecified atom stereocenters. The van der Waals surface area contributed by atoms with Crippen LogP contribution in [-0.2, 0) is 50.1 Å². The molecule has 0 aliphatic carbocycles. The average molecular weight is 1090 g/mol. The smallest absolute Gasteiger partial charge is 0.246 e. The Bertz CT molecular complexity index is 2410. The summed E-state index contributed by atoms with van der Waals surface area (Å²) >= 11 is 3.43. The number of aliphatic hydroxyl groups excluding tert-OH is 1. The molecule has 10 atom stereocenters. The first-order valence-corrected chi connectivity index (χ1v) is 29.8. The predicted molar refractivity (Wildman–Crippen MR) is 284 cm³/mol. The monoisotopic (exact) mass is 1080 g/mol. The second-order valence-corrected chi connectivity index (χ2v) is 25.4. The SMILES string of the molecule is CC1NCSC1c1ccc(CNC(=O)[C@@H]2C[C@@H](O)CN2C(=O)[C@@H](NC(=O)CCCC(=O)NCCOC2CC(c3cccc(C4CSC(NC(=O)CNC(=O)C5CCN(S(C)(=O)=O)C5)N4)c3)CCN2)C(C)(C)C)cc1. The molecule has 5 aliphatic rings. The summed E-state index contributed by atoms with van der Waals surface area (Å²) in [7, 11) is -3.37. The van der Waals surface area contributed by atoms with Gasteiger partial charge in [0.25, 0.3) is 0 Å². The van der Waals surface area contributed by atoms with E-state index in [1.807, 2.05) is 50.7 Å². The van der Waals surface area contributed by atoms with Crippen molar-refractivity contribution >= 4 is 69.0 Å². The number of β-amino-alcohol motifs (C(OH)–C–C–N with tert-alkyl or cyclic N) is 1. The number of carbonyl (C=O) groups is 6. The highest BCUT2D eigenvalue weighted by Gasteiger charge is 2.44. The van der Waals surface area contributed by atoms with Crippen LogP contribution in [0.3, 0.4) is 0 Å². The van der Waals surface area contributed by atoms with E-state index in [1.54, 1.807) is 11.8 Å². The van der Waals surface area contributed by atoms with Gasteiger partial charge < -0.3 is 46.6 Å². The molecule has 0 spiro atoms. The molecular formula is C51H76N10O10S3. The first kappa shape index (κ1) is 57.4. The number of piperidine rings is 1. The maximum absolute atomic E-state index is 14.1. The minimum Gasteiger partial charge on any atom is -0.391 e. The van der Waals surface area contributed by atoms with Gasteiger partial charge in [0, 0.05) is 80.9 Å². The number of nitrogens with zero attached hydrogens (tertiary/aromatic N) is 2. The lowest BCUT2D eigenvalue weighted by Crippen LogP contribution is -2.57. The highest BCUT2D eigenvalue weighted by molar-refractivity contribution is 8.00. The van der Waals surface area contributed by atoms with Gasteiger partial charge in [-0.05, 0) is 72.7 Å². The minimum atomic E-state index is -3.37. The number of sulfonamides is 1. The number of aliphatic hydroxyl groups is 1. The number of amides is 6. The summed E-state index contributed by atoms with van der Waals surface area (Å²) in [6.45, 7) is 9.48. The Morgan fingerprint density at radius 3 is 2.35 bits per heavy atom. The van der Waals surface area contributed by atoms with Crippen molar-refractivity contribution in [3.8, 4) is 0 Å². The molecule has 5 heterocycles. The highest BCUT2D eigenvalue weighted by atomic mass is 32.2. The second-order valence-electron chi connectivity index (χ2n) is 21.2. The number of likely N-dealkylation sites (tertiary alicyclic amines) is 1. The molecule has 2 aromatic carbocycles. The van der Waals surface area contributed by atoms with Crippen LogP contribution in [0.4, 0.5) is 0 Å². The molecular weight excluding hydrogens is 1010 g/mol. The topological polar surface area (TPSA) is 269 Å². The zero-order valence-corrected chi connectivity index (χ0v) is 45.6. The standard InChI is InChI=1S/C51H76N10O10S3/c1-31-45(73-30-56-31)33-14-12-32(13-15-33)25-54-48(67)40-24-38(62)28-61(40)49(68)46(51(2,3)4)58-42(64)11-7-10-41(63)52-19-21-71-44-23-35(16-18-53-44)34-8-6-9-36(22-34)39-29-72-50(57-39)59-43(65)26-55-47(66)37-17-20-60(27-37)74(5,69)70/h6,8-9,12-15,22,31,35,37-40,44-46,50,53,56-57,62H,7,10-11,16-21,23-30H2,1-5H3,(H,52,63)(H,54,67)(H,55,66)(H,58,64)(H,59,65)/t31?,35?,37?,38-,39?,40+,44?,45?,46-,50?/m1/s1. The zero-order chi connectivity index (χ0) is 53.2. The zero-order valence-electron chi connectivity index (χ0n) is 43.2. The van der Waals surface area contributed by atoms with Gasteiger partial charge in [-0.2, -0.15) is 0 Å². The van der Waals surface area contributed by atoms with E-state index in [2.05, 4.69) is 79.8 Å². The minimum absolute atomic E-state index is 0.00436. The molecule has 74 heavy (non-hydrogen) atoms. The Kier molecular flexibility index (Phi) is 20.3. The molecule has 5 saturated heterocycles. The normalized spacial score (nSPS) is 26.8. The van der Waals surface area contributed by atoms with E-state index in [1.165, 1.54) is 20.3 Å². The van der Waals surface area contributed by atoms with Crippen molar-refractivity contribution in [2.24, 2.45) is 11.3 Å². The molecule has 20 nitrogen and oxygen atoms in total. The maximum atomic E-state index is 14.1. The third-order valence-corrected chi connectivity index (χ3v) is 18.1. The molecule has 408 valence electrons. The van der Waals surface area contributed by atoms with Crippen molar-refractivity contribution in [1.29, 1.82) is 0 Å². The summed E-state index contributed by atoms with van der Waals surface area (Å²) in [5, 5.41) is 35.6. The van der Waals surface area contributed by atoms with Crippen LogP contribution < -0.4 is 42.5 Å². The summed E-state index contributed by atoms with van der Waals surface area (Å²) < 4.78 is 31.0. The third-order valence-electron chi connectivity index (χ3n) is 14.4. The van der Waals surface area contributed by atoms with E-state index in [-0.39, 0.29) is 105 Å². The van der Waals surface area contributed by atoms with Gasteiger partial charge in [0.05, 0.1) is 31.4 Å². The number of rotatable bonds is 21. The second kappa shape index (κ2) is 26.1. The summed E-state index contributed by atoms with van der Waals surface area (Å²) in [6, 6.07) is 15.1. The van der Waals surface area contributed by atoms with Crippen LogP contribution in [0.5, 0.6) is 0 Å². The van der Waals surface area contributed by atoms with E-state index in [0.717, 1.165) is 48.4 Å². The molecule has 23 heteroatoms. The third kappa shape index (κ3) is 16.1. The molecule has 0 radical (unpaired) electrons. The summed E-state index contributed by atoms with van der Waals surface area (Å²) in [6.07, 6.45) is 2.61. The van der Waals surface area contributed by atoms with E-state index >= 15 is 0 Å². The molecule has 5 aliphatic heterocycles. The van der Waals surface area contributed by atoms with E-state index < -0.39 is 45.5 Å². The van der Waals surface area contributed by atoms with Crippen LogP contribution in [0.1, 0.15) is 112 Å². The molecule has 9 N–H and O–H groups in total. The lowest BCUT2D eigenvalue weighted by atomic mass is 9.85. The van der Waals surface area contributed by atoms with E-state index in [0.29, 0.717) is 37.4 Å². The van der Waals surface area contributed by atoms with Crippen LogP contribution in [0.2, 0.25) is 0 Å². The summed E-state index contributed by atoms with van der Waals surface area (Å²) in [5.74, 6) is -0.666. The highest BCUT2D eigenvalue weighted by Crippen LogP contribution is 2.37. The number of carbonyl (C=O) groups excluding carboxylic acids is 6. The van der Waals surface area contributed by atoms with Crippen molar-refractivity contribution in [3.05, 3.63) is 70.8 Å². The van der Waals surface area contributed by atoms with Gasteiger partial charge in [-0.25, -0.2) is 12.7 Å². The molecule has 2 aromatic rings. The number of hydrogen-bond donors (Lipinski definition) is 9. The Morgan fingerprint density at radius 2 is 1.64 bits per heavy atom. The molecule has 0 bridgehead atoms. The fraction of sp³-hybridized carbons (Fsp3) is 0.647. The summed E-state index contributed by atoms with van der Waals surface area (Å²) in [5.41, 5.74) is 3.40. The predicted octanol–water partition coefficient (Wildman–Crippen LogP) is 1.49. The van der Waals surface area contributed by atoms with Gasteiger partial charge >= 0.3 is 0 Å². The quantitative estimate of drug-likeness (QED) is 0.0803. The van der Waals surface area contributed by atoms with Crippen LogP contribution in [0.25, 0.3) is 0 Å². The number of benzene rings is 2. The number of thioether (sulfide) groups is 2. The first-order chi connectivity index (χ1) is 35.2. The lowest BCUT2D eigenvalue weighted by Gasteiger charge is -2.35. The Morgan fingerprint density at radius 1 is 0.878 bits per heavy atom. The van der Waals surface area contributed by atoms with E-state index in [9.17, 15) is 42.3 Å².